The summed E-state index contributed by atoms with van der Waals surface area (Å²) in [6.07, 6.45) is 1.77. The van der Waals surface area contributed by atoms with Crippen molar-refractivity contribution in [3.05, 3.63) is 12.4 Å². The Bertz CT molecular complexity index is 419. The van der Waals surface area contributed by atoms with Crippen LogP contribution in [0.3, 0.4) is 0 Å². The minimum Gasteiger partial charge on any atom is -0.283 e. The van der Waals surface area contributed by atoms with Crippen molar-refractivity contribution in [2.75, 3.05) is 0 Å². The standard InChI is InChI=1S/C6H10F2N4O2S/c1-4(13)11-15(9,14)5-2-10-12(3-5)6(7)8/h2-3,6,15H,1H3,(H3,9,11,13,14). The summed E-state index contributed by atoms with van der Waals surface area (Å²) in [5.41, 5.74) is 0. The number of halogens is 2. The van der Waals surface area contributed by atoms with Gasteiger partial charge >= 0.3 is 6.55 Å². The summed E-state index contributed by atoms with van der Waals surface area (Å²) in [5.74, 6) is -0.606. The first-order chi connectivity index (χ1) is 6.83. The molecule has 0 aromatic carbocycles. The van der Waals surface area contributed by atoms with E-state index in [0.29, 0.717) is 4.68 Å². The molecule has 1 amide bonds. The van der Waals surface area contributed by atoms with Crippen LogP contribution >= 0.6 is 0 Å². The zero-order chi connectivity index (χ0) is 11.6. The molecule has 3 N–H and O–H groups in total. The maximum Gasteiger partial charge on any atom is 0.333 e. The summed E-state index contributed by atoms with van der Waals surface area (Å²) in [6, 6.07) is 0. The van der Waals surface area contributed by atoms with E-state index in [0.717, 1.165) is 19.3 Å². The Morgan fingerprint density at radius 1 is 1.73 bits per heavy atom. The summed E-state index contributed by atoms with van der Waals surface area (Å²) < 4.78 is 38.1. The smallest absolute Gasteiger partial charge is 0.283 e. The van der Waals surface area contributed by atoms with Crippen LogP contribution in [-0.4, -0.2) is 19.9 Å². The van der Waals surface area contributed by atoms with Crippen LogP contribution in [-0.2, 0) is 15.1 Å². The molecule has 0 aliphatic heterocycles. The van der Waals surface area contributed by atoms with Crippen molar-refractivity contribution in [1.82, 2.24) is 14.5 Å². The van der Waals surface area contributed by atoms with Crippen molar-refractivity contribution in [3.63, 3.8) is 0 Å². The lowest BCUT2D eigenvalue weighted by Gasteiger charge is -2.17. The molecule has 0 radical (unpaired) electrons. The molecule has 0 saturated heterocycles. The fourth-order valence-electron chi connectivity index (χ4n) is 0.905. The SMILES string of the molecule is CC(=O)N[SH](N)(=O)c1cnn(C(F)F)c1. The molecular weight excluding hydrogens is 230 g/mol. The molecule has 0 fully saturated rings. The van der Waals surface area contributed by atoms with Crippen molar-refractivity contribution in [1.29, 1.82) is 0 Å². The van der Waals surface area contributed by atoms with Gasteiger partial charge in [0.15, 0.2) is 0 Å². The molecule has 6 nitrogen and oxygen atoms in total. The molecule has 15 heavy (non-hydrogen) atoms. The number of aromatic nitrogens is 2. The second-order valence-corrected chi connectivity index (χ2v) is 4.84. The highest BCUT2D eigenvalue weighted by atomic mass is 32.3. The van der Waals surface area contributed by atoms with Gasteiger partial charge in [0, 0.05) is 23.4 Å². The largest absolute Gasteiger partial charge is 0.333 e. The maximum absolute atomic E-state index is 12.1. The molecule has 1 rings (SSSR count). The summed E-state index contributed by atoms with van der Waals surface area (Å²) in [4.78, 5) is 10.5. The number of nitrogens with one attached hydrogen (secondary N) is 1. The second kappa shape index (κ2) is 4.03. The third kappa shape index (κ3) is 2.80. The van der Waals surface area contributed by atoms with Crippen LogP contribution < -0.4 is 9.86 Å². The van der Waals surface area contributed by atoms with Crippen molar-refractivity contribution < 1.29 is 17.8 Å². The number of amides is 1. The predicted octanol–water partition coefficient (Wildman–Crippen LogP) is -0.421. The molecule has 0 aliphatic carbocycles. The van der Waals surface area contributed by atoms with E-state index in [1.54, 1.807) is 0 Å². The fourth-order valence-corrected chi connectivity index (χ4v) is 2.01. The third-order valence-corrected chi connectivity index (χ3v) is 3.14. The van der Waals surface area contributed by atoms with Crippen LogP contribution in [0.4, 0.5) is 8.78 Å². The van der Waals surface area contributed by atoms with Crippen molar-refractivity contribution in [3.8, 4) is 0 Å². The van der Waals surface area contributed by atoms with Gasteiger partial charge in [-0.15, -0.1) is 0 Å². The molecular formula is C6H10F2N4O2S. The van der Waals surface area contributed by atoms with Gasteiger partial charge in [0.25, 0.3) is 0 Å². The fraction of sp³-hybridized carbons (Fsp3) is 0.333. The van der Waals surface area contributed by atoms with E-state index in [-0.39, 0.29) is 4.90 Å². The third-order valence-electron chi connectivity index (χ3n) is 1.49. The normalized spacial score (nSPS) is 12.9. The minimum atomic E-state index is -3.64. The number of thiol groups is 1. The lowest BCUT2D eigenvalue weighted by Crippen LogP contribution is -2.41. The Morgan fingerprint density at radius 2 is 2.33 bits per heavy atom. The van der Waals surface area contributed by atoms with E-state index in [1.165, 1.54) is 0 Å². The van der Waals surface area contributed by atoms with Gasteiger partial charge in [0.1, 0.15) is 0 Å². The Kier molecular flexibility index (Phi) is 3.15. The van der Waals surface area contributed by atoms with E-state index >= 15 is 0 Å². The second-order valence-electron chi connectivity index (χ2n) is 2.78. The monoisotopic (exact) mass is 240 g/mol. The molecule has 1 aromatic rings. The topological polar surface area (TPSA) is 90.0 Å². The molecule has 0 atom stereocenters. The van der Waals surface area contributed by atoms with Crippen molar-refractivity contribution in [2.24, 2.45) is 5.14 Å². The van der Waals surface area contributed by atoms with Crippen LogP contribution in [0.25, 0.3) is 0 Å². The Labute approximate surface area is 85.1 Å². The molecule has 0 aliphatic rings. The van der Waals surface area contributed by atoms with Gasteiger partial charge in [-0.1, -0.05) is 0 Å². The predicted molar refractivity (Wildman–Crippen MR) is 49.3 cm³/mol. The number of hydrogen-bond donors (Lipinski definition) is 3. The number of rotatable bonds is 3. The highest BCUT2D eigenvalue weighted by Gasteiger charge is 2.17. The summed E-state index contributed by atoms with van der Waals surface area (Å²) in [5, 5.41) is 8.53. The number of carbonyl (C=O) groups is 1. The number of hydrogen-bond acceptors (Lipinski definition) is 3. The number of carbonyl (C=O) groups excluding carboxylic acids is 1. The van der Waals surface area contributed by atoms with Crippen molar-refractivity contribution in [2.45, 2.75) is 18.4 Å². The van der Waals surface area contributed by atoms with E-state index < -0.39 is 22.8 Å². The Morgan fingerprint density at radius 3 is 2.73 bits per heavy atom. The highest BCUT2D eigenvalue weighted by Crippen LogP contribution is 2.14. The van der Waals surface area contributed by atoms with E-state index in [1.807, 2.05) is 4.72 Å². The van der Waals surface area contributed by atoms with E-state index in [4.69, 9.17) is 5.14 Å². The molecule has 0 unspecified atom stereocenters. The van der Waals surface area contributed by atoms with Crippen LogP contribution in [0.15, 0.2) is 17.3 Å². The maximum atomic E-state index is 12.1. The summed E-state index contributed by atoms with van der Waals surface area (Å²) >= 11 is 0. The number of alkyl halides is 2. The van der Waals surface area contributed by atoms with E-state index in [2.05, 4.69) is 5.10 Å². The lowest BCUT2D eigenvalue weighted by atomic mass is 10.7. The molecule has 1 aromatic heterocycles. The van der Waals surface area contributed by atoms with Gasteiger partial charge in [-0.2, -0.15) is 13.9 Å². The molecule has 9 heteroatoms. The van der Waals surface area contributed by atoms with Gasteiger partial charge in [-0.05, 0) is 0 Å². The van der Waals surface area contributed by atoms with Crippen LogP contribution in [0.2, 0.25) is 0 Å². The van der Waals surface area contributed by atoms with Gasteiger partial charge in [-0.3, -0.25) is 14.7 Å². The van der Waals surface area contributed by atoms with Crippen LogP contribution in [0.5, 0.6) is 0 Å². The van der Waals surface area contributed by atoms with Gasteiger partial charge in [0.2, 0.25) is 5.91 Å². The van der Waals surface area contributed by atoms with Crippen LogP contribution in [0.1, 0.15) is 13.5 Å². The summed E-state index contributed by atoms with van der Waals surface area (Å²) in [7, 11) is -3.64. The van der Waals surface area contributed by atoms with Gasteiger partial charge < -0.3 is 0 Å². The molecule has 86 valence electrons. The zero-order valence-corrected chi connectivity index (χ0v) is 8.62. The molecule has 0 bridgehead atoms. The Hall–Kier alpha value is -1.35. The van der Waals surface area contributed by atoms with Gasteiger partial charge in [0.05, 0.1) is 11.1 Å². The first-order valence-corrected chi connectivity index (χ1v) is 5.61. The quantitative estimate of drug-likeness (QED) is 0.627. The number of nitrogens with zero attached hydrogens (tertiary/aromatic N) is 2. The Balaban J connectivity index is 2.95. The molecule has 1 heterocycles. The molecule has 0 spiro atoms. The zero-order valence-electron chi connectivity index (χ0n) is 7.72. The van der Waals surface area contributed by atoms with Crippen LogP contribution in [0, 0.1) is 0 Å². The first-order valence-electron chi connectivity index (χ1n) is 3.83. The summed E-state index contributed by atoms with van der Waals surface area (Å²) in [6.45, 7) is -1.71. The van der Waals surface area contributed by atoms with Gasteiger partial charge in [-0.25, -0.2) is 8.89 Å². The first kappa shape index (κ1) is 11.7. The average Bonchev–Trinajstić information content (AvgIpc) is 2.48. The lowest BCUT2D eigenvalue weighted by molar-refractivity contribution is -0.117. The average molecular weight is 240 g/mol. The van der Waals surface area contributed by atoms with Crippen molar-refractivity contribution >= 4 is 16.2 Å². The van der Waals surface area contributed by atoms with E-state index in [9.17, 15) is 17.8 Å². The highest BCUT2D eigenvalue weighted by molar-refractivity contribution is 7.99. The number of nitrogens with two attached hydrogens (primary N) is 1. The minimum absolute atomic E-state index is 0.127. The molecule has 0 saturated carbocycles.